The molecule has 0 spiro atoms. The van der Waals surface area contributed by atoms with Crippen LogP contribution in [0.3, 0.4) is 0 Å². The van der Waals surface area contributed by atoms with Crippen LogP contribution < -0.4 is 0 Å². The number of benzene rings is 1. The predicted octanol–water partition coefficient (Wildman–Crippen LogP) is 3.41. The van der Waals surface area contributed by atoms with Gasteiger partial charge in [-0.3, -0.25) is 4.79 Å². The van der Waals surface area contributed by atoms with Gasteiger partial charge in [0.05, 0.1) is 22.2 Å². The molecule has 1 rings (SSSR count). The van der Waals surface area contributed by atoms with E-state index in [1.165, 1.54) is 11.9 Å². The normalized spacial score (nSPS) is 11.1. The minimum atomic E-state index is -1.10. The van der Waals surface area contributed by atoms with E-state index in [-0.39, 0.29) is 17.2 Å². The smallest absolute Gasteiger partial charge is 0.331 e. The van der Waals surface area contributed by atoms with Crippen LogP contribution in [-0.4, -0.2) is 36.0 Å². The first-order valence-electron chi connectivity index (χ1n) is 6.12. The largest absolute Gasteiger partial charge is 0.464 e. The first kappa shape index (κ1) is 16.8. The van der Waals surface area contributed by atoms with Crippen LogP contribution in [0.25, 0.3) is 0 Å². The Morgan fingerprint density at radius 3 is 2.45 bits per heavy atom. The number of carbonyl (C=O) groups is 2. The van der Waals surface area contributed by atoms with Crippen molar-refractivity contribution in [1.29, 1.82) is 0 Å². The second-order valence-corrected chi connectivity index (χ2v) is 5.53. The summed E-state index contributed by atoms with van der Waals surface area (Å²) in [5, 5.41) is 0.463. The van der Waals surface area contributed by atoms with Crippen molar-refractivity contribution in [2.75, 3.05) is 13.7 Å². The fourth-order valence-corrected chi connectivity index (χ4v) is 1.93. The minimum absolute atomic E-state index is 0.172. The van der Waals surface area contributed by atoms with Gasteiger partial charge in [-0.15, -0.1) is 0 Å². The average molecular weight is 318 g/mol. The summed E-state index contributed by atoms with van der Waals surface area (Å²) in [6.45, 7) is 5.19. The summed E-state index contributed by atoms with van der Waals surface area (Å²) in [5.74, 6) is -0.871. The van der Waals surface area contributed by atoms with Crippen LogP contribution in [0.1, 0.15) is 31.1 Å². The molecule has 0 aliphatic carbocycles. The zero-order valence-corrected chi connectivity index (χ0v) is 13.4. The number of carbonyl (C=O) groups excluding carboxylic acids is 2. The van der Waals surface area contributed by atoms with E-state index in [1.54, 1.807) is 39.0 Å². The van der Waals surface area contributed by atoms with Gasteiger partial charge in [0, 0.05) is 7.05 Å². The van der Waals surface area contributed by atoms with Crippen LogP contribution in [0.5, 0.6) is 0 Å². The van der Waals surface area contributed by atoms with Crippen LogP contribution in [0.15, 0.2) is 18.2 Å². The summed E-state index contributed by atoms with van der Waals surface area (Å²) < 4.78 is 4.98. The Morgan fingerprint density at radius 1 is 1.30 bits per heavy atom. The van der Waals surface area contributed by atoms with Gasteiger partial charge in [0.25, 0.3) is 5.91 Å². The van der Waals surface area contributed by atoms with Crippen molar-refractivity contribution in [2.24, 2.45) is 0 Å². The second kappa shape index (κ2) is 6.46. The zero-order valence-electron chi connectivity index (χ0n) is 11.9. The maximum Gasteiger partial charge on any atom is 0.331 e. The van der Waals surface area contributed by atoms with Gasteiger partial charge in [0.15, 0.2) is 0 Å². The molecular formula is C14H17Cl2NO3. The molecular weight excluding hydrogens is 301 g/mol. The lowest BCUT2D eigenvalue weighted by atomic mass is 10.0. The molecule has 0 aliphatic heterocycles. The van der Waals surface area contributed by atoms with Crippen molar-refractivity contribution in [3.05, 3.63) is 33.8 Å². The molecule has 6 heteroatoms. The highest BCUT2D eigenvalue weighted by Crippen LogP contribution is 2.28. The second-order valence-electron chi connectivity index (χ2n) is 4.75. The molecule has 0 aromatic heterocycles. The molecule has 0 saturated heterocycles. The quantitative estimate of drug-likeness (QED) is 0.799. The third kappa shape index (κ3) is 3.25. The van der Waals surface area contributed by atoms with Crippen LogP contribution in [0.2, 0.25) is 10.0 Å². The average Bonchev–Trinajstić information content (AvgIpc) is 2.40. The van der Waals surface area contributed by atoms with Crippen LogP contribution >= 0.6 is 23.2 Å². The molecule has 0 saturated carbocycles. The summed E-state index contributed by atoms with van der Waals surface area (Å²) in [7, 11) is 1.52. The summed E-state index contributed by atoms with van der Waals surface area (Å²) in [6.07, 6.45) is 0. The zero-order chi connectivity index (χ0) is 15.5. The maximum absolute atomic E-state index is 12.4. The number of esters is 1. The van der Waals surface area contributed by atoms with Crippen molar-refractivity contribution >= 4 is 35.1 Å². The molecule has 0 bridgehead atoms. The molecule has 1 aromatic carbocycles. The highest BCUT2D eigenvalue weighted by Gasteiger charge is 2.37. The molecule has 20 heavy (non-hydrogen) atoms. The van der Waals surface area contributed by atoms with Crippen molar-refractivity contribution in [1.82, 2.24) is 4.90 Å². The van der Waals surface area contributed by atoms with E-state index in [2.05, 4.69) is 0 Å². The van der Waals surface area contributed by atoms with Crippen molar-refractivity contribution < 1.29 is 14.3 Å². The molecule has 0 fully saturated rings. The monoisotopic (exact) mass is 317 g/mol. The molecule has 0 aliphatic rings. The lowest BCUT2D eigenvalue weighted by molar-refractivity contribution is -0.153. The summed E-state index contributed by atoms with van der Waals surface area (Å²) in [5.41, 5.74) is -0.849. The number of rotatable bonds is 4. The van der Waals surface area contributed by atoms with E-state index in [0.717, 1.165) is 0 Å². The number of halogens is 2. The Labute approximate surface area is 128 Å². The summed E-state index contributed by atoms with van der Waals surface area (Å²) in [6, 6.07) is 4.79. The topological polar surface area (TPSA) is 46.6 Å². The van der Waals surface area contributed by atoms with Crippen molar-refractivity contribution in [2.45, 2.75) is 26.3 Å². The fourth-order valence-electron chi connectivity index (χ4n) is 1.55. The van der Waals surface area contributed by atoms with E-state index >= 15 is 0 Å². The van der Waals surface area contributed by atoms with Gasteiger partial charge in [0.1, 0.15) is 5.54 Å². The number of nitrogens with zero attached hydrogens (tertiary/aromatic N) is 1. The van der Waals surface area contributed by atoms with Gasteiger partial charge in [-0.2, -0.15) is 0 Å². The highest BCUT2D eigenvalue weighted by molar-refractivity contribution is 6.43. The maximum atomic E-state index is 12.4. The predicted molar refractivity (Wildman–Crippen MR) is 79.3 cm³/mol. The van der Waals surface area contributed by atoms with Crippen LogP contribution in [0, 0.1) is 0 Å². The SMILES string of the molecule is CCOC(=O)C(C)(C)N(C)C(=O)c1cccc(Cl)c1Cl. The fraction of sp³-hybridized carbons (Fsp3) is 0.429. The van der Waals surface area contributed by atoms with E-state index < -0.39 is 17.4 Å². The number of amides is 1. The Morgan fingerprint density at radius 2 is 1.90 bits per heavy atom. The van der Waals surface area contributed by atoms with Gasteiger partial charge < -0.3 is 9.64 Å². The number of hydrogen-bond acceptors (Lipinski definition) is 3. The lowest BCUT2D eigenvalue weighted by Crippen LogP contribution is -2.51. The molecule has 0 radical (unpaired) electrons. The van der Waals surface area contributed by atoms with Gasteiger partial charge in [0.2, 0.25) is 0 Å². The molecule has 0 unspecified atom stereocenters. The molecule has 0 N–H and O–H groups in total. The van der Waals surface area contributed by atoms with Gasteiger partial charge in [-0.05, 0) is 32.9 Å². The third-order valence-corrected chi connectivity index (χ3v) is 3.92. The Bertz CT molecular complexity index is 529. The highest BCUT2D eigenvalue weighted by atomic mass is 35.5. The van der Waals surface area contributed by atoms with Crippen LogP contribution in [0.4, 0.5) is 0 Å². The number of ether oxygens (including phenoxy) is 1. The summed E-state index contributed by atoms with van der Waals surface area (Å²) in [4.78, 5) is 25.7. The third-order valence-electron chi connectivity index (χ3n) is 3.10. The summed E-state index contributed by atoms with van der Waals surface area (Å²) >= 11 is 11.9. The van der Waals surface area contributed by atoms with Crippen LogP contribution in [-0.2, 0) is 9.53 Å². The molecule has 0 heterocycles. The van der Waals surface area contributed by atoms with Gasteiger partial charge in [-0.25, -0.2) is 4.79 Å². The number of hydrogen-bond donors (Lipinski definition) is 0. The van der Waals surface area contributed by atoms with Gasteiger partial charge in [-0.1, -0.05) is 29.3 Å². The van der Waals surface area contributed by atoms with Gasteiger partial charge >= 0.3 is 5.97 Å². The molecule has 1 amide bonds. The lowest BCUT2D eigenvalue weighted by Gasteiger charge is -2.33. The van der Waals surface area contributed by atoms with Crippen molar-refractivity contribution in [3.8, 4) is 0 Å². The number of likely N-dealkylation sites (N-methyl/N-ethyl adjacent to an activating group) is 1. The van der Waals surface area contributed by atoms with E-state index in [0.29, 0.717) is 5.02 Å². The standard InChI is InChI=1S/C14H17Cl2NO3/c1-5-20-13(19)14(2,3)17(4)12(18)9-7-6-8-10(15)11(9)16/h6-8H,5H2,1-4H3. The van der Waals surface area contributed by atoms with E-state index in [9.17, 15) is 9.59 Å². The van der Waals surface area contributed by atoms with E-state index in [1.807, 2.05) is 0 Å². The molecule has 110 valence electrons. The minimum Gasteiger partial charge on any atom is -0.464 e. The Balaban J connectivity index is 3.08. The first-order chi connectivity index (χ1) is 9.23. The van der Waals surface area contributed by atoms with Crippen molar-refractivity contribution in [3.63, 3.8) is 0 Å². The molecule has 1 aromatic rings. The Hall–Kier alpha value is -1.26. The van der Waals surface area contributed by atoms with E-state index in [4.69, 9.17) is 27.9 Å². The molecule has 0 atom stereocenters. The first-order valence-corrected chi connectivity index (χ1v) is 6.88. The Kier molecular flexibility index (Phi) is 5.42. The molecule has 4 nitrogen and oxygen atoms in total.